The van der Waals surface area contributed by atoms with Crippen LogP contribution < -0.4 is 20.1 Å². The molecule has 0 aliphatic carbocycles. The minimum absolute atomic E-state index is 0.0595. The fourth-order valence-corrected chi connectivity index (χ4v) is 2.16. The molecule has 0 fully saturated rings. The van der Waals surface area contributed by atoms with Crippen molar-refractivity contribution in [2.75, 3.05) is 19.0 Å². The molecule has 2 rings (SSSR count). The van der Waals surface area contributed by atoms with Crippen LogP contribution in [-0.4, -0.2) is 25.7 Å². The Labute approximate surface area is 149 Å². The Morgan fingerprint density at radius 3 is 2.28 bits per heavy atom. The van der Waals surface area contributed by atoms with E-state index in [-0.39, 0.29) is 18.6 Å². The van der Waals surface area contributed by atoms with Gasteiger partial charge in [-0.25, -0.2) is 0 Å². The first-order valence-corrected chi connectivity index (χ1v) is 8.51. The van der Waals surface area contributed by atoms with Crippen molar-refractivity contribution in [2.24, 2.45) is 0 Å². The first-order valence-electron chi connectivity index (χ1n) is 8.51. The largest absolute Gasteiger partial charge is 0.497 e. The lowest BCUT2D eigenvalue weighted by atomic mass is 10.2. The molecule has 1 atom stereocenters. The smallest absolute Gasteiger partial charge is 0.239 e. The molecule has 2 aromatic carbocycles. The first kappa shape index (κ1) is 18.6. The SMILES string of the molecule is CCC(C)Oc1ccc(NCC(=O)NCc2ccc(OC)cc2)cc1. The monoisotopic (exact) mass is 342 g/mol. The lowest BCUT2D eigenvalue weighted by Crippen LogP contribution is -2.29. The standard InChI is InChI=1S/C20H26N2O3/c1-4-15(2)25-19-11-7-17(8-12-19)21-14-20(23)22-13-16-5-9-18(24-3)10-6-16/h5-12,15,21H,4,13-14H2,1-3H3,(H,22,23). The summed E-state index contributed by atoms with van der Waals surface area (Å²) in [5, 5.41) is 5.99. The summed E-state index contributed by atoms with van der Waals surface area (Å²) >= 11 is 0. The topological polar surface area (TPSA) is 59.6 Å². The van der Waals surface area contributed by atoms with Gasteiger partial charge in [0.2, 0.25) is 5.91 Å². The number of methoxy groups -OCH3 is 1. The average Bonchev–Trinajstić information content (AvgIpc) is 2.66. The molecule has 1 unspecified atom stereocenters. The molecule has 0 heterocycles. The summed E-state index contributed by atoms with van der Waals surface area (Å²) < 4.78 is 10.8. The molecule has 134 valence electrons. The second kappa shape index (κ2) is 9.57. The highest BCUT2D eigenvalue weighted by Crippen LogP contribution is 2.17. The second-order valence-electron chi connectivity index (χ2n) is 5.84. The Kier molecular flexibility index (Phi) is 7.14. The summed E-state index contributed by atoms with van der Waals surface area (Å²) in [5.41, 5.74) is 1.91. The van der Waals surface area contributed by atoms with E-state index in [0.29, 0.717) is 6.54 Å². The Morgan fingerprint density at radius 2 is 1.68 bits per heavy atom. The van der Waals surface area contributed by atoms with Gasteiger partial charge in [-0.2, -0.15) is 0 Å². The van der Waals surface area contributed by atoms with Gasteiger partial charge in [0, 0.05) is 12.2 Å². The number of ether oxygens (including phenoxy) is 2. The number of benzene rings is 2. The molecule has 5 nitrogen and oxygen atoms in total. The molecule has 0 spiro atoms. The molecular weight excluding hydrogens is 316 g/mol. The van der Waals surface area contributed by atoms with Crippen LogP contribution in [0.3, 0.4) is 0 Å². The van der Waals surface area contributed by atoms with E-state index in [1.165, 1.54) is 0 Å². The van der Waals surface area contributed by atoms with Crippen LogP contribution in [0, 0.1) is 0 Å². The maximum Gasteiger partial charge on any atom is 0.239 e. The average molecular weight is 342 g/mol. The molecule has 0 aliphatic heterocycles. The molecule has 0 aromatic heterocycles. The van der Waals surface area contributed by atoms with Crippen molar-refractivity contribution in [3.63, 3.8) is 0 Å². The van der Waals surface area contributed by atoms with Crippen LogP contribution in [0.25, 0.3) is 0 Å². The maximum atomic E-state index is 11.9. The van der Waals surface area contributed by atoms with Gasteiger partial charge in [-0.15, -0.1) is 0 Å². The molecule has 0 bridgehead atoms. The summed E-state index contributed by atoms with van der Waals surface area (Å²) in [5.74, 6) is 1.58. The van der Waals surface area contributed by atoms with Crippen LogP contribution in [0.1, 0.15) is 25.8 Å². The van der Waals surface area contributed by atoms with Gasteiger partial charge in [0.15, 0.2) is 0 Å². The Bertz CT molecular complexity index is 654. The zero-order chi connectivity index (χ0) is 18.1. The summed E-state index contributed by atoms with van der Waals surface area (Å²) in [6.07, 6.45) is 1.16. The summed E-state index contributed by atoms with van der Waals surface area (Å²) in [4.78, 5) is 11.9. The number of hydrogen-bond acceptors (Lipinski definition) is 4. The Hall–Kier alpha value is -2.69. The van der Waals surface area contributed by atoms with E-state index in [9.17, 15) is 4.79 Å². The minimum atomic E-state index is -0.0595. The van der Waals surface area contributed by atoms with Crippen molar-refractivity contribution in [3.05, 3.63) is 54.1 Å². The number of nitrogens with one attached hydrogen (secondary N) is 2. The number of carbonyl (C=O) groups is 1. The van der Waals surface area contributed by atoms with Crippen LogP contribution in [0.4, 0.5) is 5.69 Å². The number of anilines is 1. The molecule has 0 radical (unpaired) electrons. The summed E-state index contributed by atoms with van der Waals surface area (Å²) in [6, 6.07) is 15.3. The quantitative estimate of drug-likeness (QED) is 0.731. The van der Waals surface area contributed by atoms with Crippen LogP contribution in [-0.2, 0) is 11.3 Å². The lowest BCUT2D eigenvalue weighted by Gasteiger charge is -2.13. The van der Waals surface area contributed by atoms with Crippen LogP contribution >= 0.6 is 0 Å². The predicted octanol–water partition coefficient (Wildman–Crippen LogP) is 3.60. The molecular formula is C20H26N2O3. The molecule has 1 amide bonds. The van der Waals surface area contributed by atoms with Gasteiger partial charge in [0.25, 0.3) is 0 Å². The second-order valence-corrected chi connectivity index (χ2v) is 5.84. The highest BCUT2D eigenvalue weighted by molar-refractivity contribution is 5.80. The van der Waals surface area contributed by atoms with Crippen LogP contribution in [0.5, 0.6) is 11.5 Å². The van der Waals surface area contributed by atoms with Crippen molar-refractivity contribution in [3.8, 4) is 11.5 Å². The van der Waals surface area contributed by atoms with E-state index in [0.717, 1.165) is 29.2 Å². The van der Waals surface area contributed by atoms with Crippen molar-refractivity contribution in [2.45, 2.75) is 32.9 Å². The molecule has 2 N–H and O–H groups in total. The zero-order valence-corrected chi connectivity index (χ0v) is 15.0. The summed E-state index contributed by atoms with van der Waals surface area (Å²) in [6.45, 7) is 4.85. The summed E-state index contributed by atoms with van der Waals surface area (Å²) in [7, 11) is 1.63. The highest BCUT2D eigenvalue weighted by Gasteiger charge is 2.04. The van der Waals surface area contributed by atoms with Gasteiger partial charge in [-0.05, 0) is 55.3 Å². The first-order chi connectivity index (χ1) is 12.1. The number of rotatable bonds is 9. The molecule has 5 heteroatoms. The van der Waals surface area contributed by atoms with E-state index >= 15 is 0 Å². The van der Waals surface area contributed by atoms with E-state index in [1.807, 2.05) is 55.5 Å². The maximum absolute atomic E-state index is 11.9. The van der Waals surface area contributed by atoms with Crippen LogP contribution in [0.15, 0.2) is 48.5 Å². The number of hydrogen-bond donors (Lipinski definition) is 2. The molecule has 25 heavy (non-hydrogen) atoms. The van der Waals surface area contributed by atoms with Gasteiger partial charge >= 0.3 is 0 Å². The molecule has 0 saturated carbocycles. The third-order valence-corrected chi connectivity index (χ3v) is 3.87. The van der Waals surface area contributed by atoms with Crippen LogP contribution in [0.2, 0.25) is 0 Å². The van der Waals surface area contributed by atoms with Gasteiger partial charge in [0.05, 0.1) is 19.8 Å². The van der Waals surface area contributed by atoms with E-state index in [1.54, 1.807) is 7.11 Å². The third kappa shape index (κ3) is 6.37. The van der Waals surface area contributed by atoms with Gasteiger partial charge in [-0.3, -0.25) is 4.79 Å². The van der Waals surface area contributed by atoms with Crippen molar-refractivity contribution >= 4 is 11.6 Å². The van der Waals surface area contributed by atoms with E-state index in [4.69, 9.17) is 9.47 Å². The highest BCUT2D eigenvalue weighted by atomic mass is 16.5. The molecule has 0 saturated heterocycles. The van der Waals surface area contributed by atoms with Gasteiger partial charge in [0.1, 0.15) is 11.5 Å². The fourth-order valence-electron chi connectivity index (χ4n) is 2.16. The molecule has 0 aliphatic rings. The van der Waals surface area contributed by atoms with Crippen molar-refractivity contribution in [1.82, 2.24) is 5.32 Å². The molecule has 2 aromatic rings. The fraction of sp³-hybridized carbons (Fsp3) is 0.350. The van der Waals surface area contributed by atoms with E-state index < -0.39 is 0 Å². The van der Waals surface area contributed by atoms with Gasteiger partial charge in [-0.1, -0.05) is 19.1 Å². The van der Waals surface area contributed by atoms with Crippen molar-refractivity contribution < 1.29 is 14.3 Å². The van der Waals surface area contributed by atoms with E-state index in [2.05, 4.69) is 17.6 Å². The lowest BCUT2D eigenvalue weighted by molar-refractivity contribution is -0.119. The third-order valence-electron chi connectivity index (χ3n) is 3.87. The predicted molar refractivity (Wildman–Crippen MR) is 100 cm³/mol. The number of carbonyl (C=O) groups excluding carboxylic acids is 1. The van der Waals surface area contributed by atoms with Gasteiger partial charge < -0.3 is 20.1 Å². The minimum Gasteiger partial charge on any atom is -0.497 e. The van der Waals surface area contributed by atoms with Crippen molar-refractivity contribution in [1.29, 1.82) is 0 Å². The normalized spacial score (nSPS) is 11.5. The Balaban J connectivity index is 1.73. The Morgan fingerprint density at radius 1 is 1.04 bits per heavy atom. The number of amides is 1. The zero-order valence-electron chi connectivity index (χ0n) is 15.0.